The van der Waals surface area contributed by atoms with Crippen molar-refractivity contribution in [1.82, 2.24) is 24.9 Å². The second kappa shape index (κ2) is 9.36. The Bertz CT molecular complexity index is 797. The van der Waals surface area contributed by atoms with Crippen molar-refractivity contribution in [1.29, 1.82) is 0 Å². The van der Waals surface area contributed by atoms with Gasteiger partial charge in [-0.2, -0.15) is 0 Å². The minimum Gasteiger partial charge on any atom is -0.479 e. The largest absolute Gasteiger partial charge is 0.479 e. The van der Waals surface area contributed by atoms with E-state index in [1.807, 2.05) is 6.07 Å². The van der Waals surface area contributed by atoms with Gasteiger partial charge in [0.15, 0.2) is 0 Å². The van der Waals surface area contributed by atoms with Gasteiger partial charge < -0.3 is 15.0 Å². The van der Waals surface area contributed by atoms with Gasteiger partial charge in [0.25, 0.3) is 5.91 Å². The highest BCUT2D eigenvalue weighted by Gasteiger charge is 2.22. The number of nitrogens with zero attached hydrogens (tertiary/aromatic N) is 4. The smallest absolute Gasteiger partial charge is 0.258 e. The maximum absolute atomic E-state index is 12.4. The third kappa shape index (κ3) is 5.10. The zero-order valence-electron chi connectivity index (χ0n) is 16.4. The van der Waals surface area contributed by atoms with E-state index < -0.39 is 0 Å². The van der Waals surface area contributed by atoms with E-state index in [1.54, 1.807) is 18.1 Å². The van der Waals surface area contributed by atoms with Crippen LogP contribution < -0.4 is 10.1 Å². The second-order valence-electron chi connectivity index (χ2n) is 6.87. The fraction of sp³-hybridized carbons (Fsp3) is 0.450. The SMILES string of the molecule is COc1nn(C)cc1C(=O)NCC(=O)N1CCN(CCc2ccccc2)CC1. The van der Waals surface area contributed by atoms with Gasteiger partial charge in [-0.3, -0.25) is 19.2 Å². The summed E-state index contributed by atoms with van der Waals surface area (Å²) in [6.45, 7) is 4.02. The summed E-state index contributed by atoms with van der Waals surface area (Å²) in [7, 11) is 3.17. The first kappa shape index (κ1) is 19.9. The summed E-state index contributed by atoms with van der Waals surface area (Å²) in [4.78, 5) is 28.9. The van der Waals surface area contributed by atoms with Crippen LogP contribution in [0.15, 0.2) is 36.5 Å². The molecule has 8 heteroatoms. The molecule has 2 amide bonds. The van der Waals surface area contributed by atoms with Crippen molar-refractivity contribution in [2.75, 3.05) is 46.4 Å². The Morgan fingerprint density at radius 2 is 1.86 bits per heavy atom. The number of ether oxygens (including phenoxy) is 1. The molecule has 1 aliphatic heterocycles. The standard InChI is InChI=1S/C20H27N5O3/c1-23-15-17(20(22-23)28-2)19(27)21-14-18(26)25-12-10-24(11-13-25)9-8-16-6-4-3-5-7-16/h3-7,15H,8-14H2,1-2H3,(H,21,27). The first-order chi connectivity index (χ1) is 13.6. The number of amides is 2. The summed E-state index contributed by atoms with van der Waals surface area (Å²) < 4.78 is 6.59. The van der Waals surface area contributed by atoms with E-state index in [0.29, 0.717) is 18.7 Å². The van der Waals surface area contributed by atoms with Crippen LogP contribution in [0.25, 0.3) is 0 Å². The molecule has 1 fully saturated rings. The normalized spacial score (nSPS) is 14.7. The van der Waals surface area contributed by atoms with Crippen LogP contribution in [-0.2, 0) is 18.3 Å². The highest BCUT2D eigenvalue weighted by molar-refractivity contribution is 5.98. The van der Waals surface area contributed by atoms with Gasteiger partial charge in [-0.25, -0.2) is 0 Å². The van der Waals surface area contributed by atoms with E-state index in [-0.39, 0.29) is 24.2 Å². The van der Waals surface area contributed by atoms with E-state index >= 15 is 0 Å². The van der Waals surface area contributed by atoms with Crippen molar-refractivity contribution >= 4 is 11.8 Å². The quantitative estimate of drug-likeness (QED) is 0.753. The van der Waals surface area contributed by atoms with Gasteiger partial charge in [0.2, 0.25) is 11.8 Å². The number of carbonyl (C=O) groups excluding carboxylic acids is 2. The van der Waals surface area contributed by atoms with Gasteiger partial charge in [0, 0.05) is 46.0 Å². The molecular weight excluding hydrogens is 358 g/mol. The molecule has 0 saturated carbocycles. The number of aromatic nitrogens is 2. The molecule has 1 N–H and O–H groups in total. The molecule has 8 nitrogen and oxygen atoms in total. The topological polar surface area (TPSA) is 79.7 Å². The Morgan fingerprint density at radius 1 is 1.14 bits per heavy atom. The highest BCUT2D eigenvalue weighted by atomic mass is 16.5. The van der Waals surface area contributed by atoms with E-state index in [4.69, 9.17) is 4.74 Å². The van der Waals surface area contributed by atoms with E-state index in [9.17, 15) is 9.59 Å². The number of benzene rings is 1. The van der Waals surface area contributed by atoms with Crippen LogP contribution in [0.1, 0.15) is 15.9 Å². The number of hydrogen-bond acceptors (Lipinski definition) is 5. The predicted octanol–water partition coefficient (Wildman–Crippen LogP) is 0.545. The average molecular weight is 385 g/mol. The highest BCUT2D eigenvalue weighted by Crippen LogP contribution is 2.14. The first-order valence-corrected chi connectivity index (χ1v) is 9.46. The minimum absolute atomic E-state index is 0.0269. The van der Waals surface area contributed by atoms with Gasteiger partial charge in [0.1, 0.15) is 5.56 Å². The number of piperazine rings is 1. The number of aryl methyl sites for hydroxylation is 1. The molecule has 0 aliphatic carbocycles. The van der Waals surface area contributed by atoms with Crippen molar-refractivity contribution in [2.24, 2.45) is 7.05 Å². The molecule has 3 rings (SSSR count). The average Bonchev–Trinajstić information content (AvgIpc) is 3.12. The summed E-state index contributed by atoms with van der Waals surface area (Å²) >= 11 is 0. The maximum Gasteiger partial charge on any atom is 0.258 e. The van der Waals surface area contributed by atoms with Crippen molar-refractivity contribution in [3.63, 3.8) is 0 Å². The molecule has 0 atom stereocenters. The number of carbonyl (C=O) groups is 2. The summed E-state index contributed by atoms with van der Waals surface area (Å²) in [5, 5.41) is 6.71. The Balaban J connectivity index is 1.40. The fourth-order valence-corrected chi connectivity index (χ4v) is 3.29. The van der Waals surface area contributed by atoms with Gasteiger partial charge in [-0.1, -0.05) is 30.3 Å². The van der Waals surface area contributed by atoms with Crippen molar-refractivity contribution < 1.29 is 14.3 Å². The second-order valence-corrected chi connectivity index (χ2v) is 6.87. The Morgan fingerprint density at radius 3 is 2.54 bits per heavy atom. The van der Waals surface area contributed by atoms with E-state index in [0.717, 1.165) is 26.1 Å². The number of hydrogen-bond donors (Lipinski definition) is 1. The third-order valence-corrected chi connectivity index (χ3v) is 4.92. The summed E-state index contributed by atoms with van der Waals surface area (Å²) in [5.74, 6) is -0.182. The lowest BCUT2D eigenvalue weighted by Gasteiger charge is -2.34. The predicted molar refractivity (Wildman–Crippen MR) is 105 cm³/mol. The third-order valence-electron chi connectivity index (χ3n) is 4.92. The monoisotopic (exact) mass is 385 g/mol. The summed E-state index contributed by atoms with van der Waals surface area (Å²) in [6.07, 6.45) is 2.59. The van der Waals surface area contributed by atoms with Gasteiger partial charge in [-0.05, 0) is 12.0 Å². The van der Waals surface area contributed by atoms with Crippen LogP contribution in [0, 0.1) is 0 Å². The number of methoxy groups -OCH3 is 1. The molecule has 28 heavy (non-hydrogen) atoms. The zero-order chi connectivity index (χ0) is 19.9. The lowest BCUT2D eigenvalue weighted by atomic mass is 10.1. The number of rotatable bonds is 7. The maximum atomic E-state index is 12.4. The molecular formula is C20H27N5O3. The number of nitrogens with one attached hydrogen (secondary N) is 1. The van der Waals surface area contributed by atoms with Crippen LogP contribution in [0.5, 0.6) is 5.88 Å². The van der Waals surface area contributed by atoms with Crippen LogP contribution in [-0.4, -0.2) is 77.8 Å². The molecule has 150 valence electrons. The van der Waals surface area contributed by atoms with Crippen molar-refractivity contribution in [3.8, 4) is 5.88 Å². The lowest BCUT2D eigenvalue weighted by molar-refractivity contribution is -0.131. The van der Waals surface area contributed by atoms with Crippen LogP contribution in [0.2, 0.25) is 0 Å². The van der Waals surface area contributed by atoms with E-state index in [2.05, 4.69) is 39.6 Å². The van der Waals surface area contributed by atoms with Crippen molar-refractivity contribution in [3.05, 3.63) is 47.7 Å². The van der Waals surface area contributed by atoms with Gasteiger partial charge >= 0.3 is 0 Å². The van der Waals surface area contributed by atoms with Crippen LogP contribution >= 0.6 is 0 Å². The van der Waals surface area contributed by atoms with Crippen molar-refractivity contribution in [2.45, 2.75) is 6.42 Å². The fourth-order valence-electron chi connectivity index (χ4n) is 3.29. The minimum atomic E-state index is -0.361. The molecule has 0 bridgehead atoms. The van der Waals surface area contributed by atoms with Crippen LogP contribution in [0.3, 0.4) is 0 Å². The summed E-state index contributed by atoms with van der Waals surface area (Å²) in [6, 6.07) is 10.4. The Kier molecular flexibility index (Phi) is 6.65. The molecule has 2 aromatic rings. The van der Waals surface area contributed by atoms with E-state index in [1.165, 1.54) is 17.4 Å². The zero-order valence-corrected chi connectivity index (χ0v) is 16.4. The molecule has 2 heterocycles. The molecule has 0 unspecified atom stereocenters. The molecule has 0 radical (unpaired) electrons. The molecule has 0 spiro atoms. The molecule has 1 aromatic heterocycles. The summed E-state index contributed by atoms with van der Waals surface area (Å²) in [5.41, 5.74) is 1.65. The Hall–Kier alpha value is -2.87. The molecule has 1 aromatic carbocycles. The molecule has 1 aliphatic rings. The van der Waals surface area contributed by atoms with Gasteiger partial charge in [0.05, 0.1) is 13.7 Å². The Labute approximate surface area is 165 Å². The van der Waals surface area contributed by atoms with Gasteiger partial charge in [-0.15, -0.1) is 5.10 Å². The first-order valence-electron chi connectivity index (χ1n) is 9.46. The van der Waals surface area contributed by atoms with Crippen LogP contribution in [0.4, 0.5) is 0 Å². The molecule has 1 saturated heterocycles. The lowest BCUT2D eigenvalue weighted by Crippen LogP contribution is -2.51.